The van der Waals surface area contributed by atoms with Crippen LogP contribution in [0.15, 0.2) is 36.4 Å². The van der Waals surface area contributed by atoms with E-state index in [0.717, 1.165) is 41.6 Å². The van der Waals surface area contributed by atoms with Gasteiger partial charge in [-0.25, -0.2) is 0 Å². The van der Waals surface area contributed by atoms with E-state index in [1.807, 2.05) is 30.3 Å². The van der Waals surface area contributed by atoms with Crippen LogP contribution in [0.2, 0.25) is 0 Å². The second kappa shape index (κ2) is 7.83. The molecule has 4 rings (SSSR count). The molecule has 0 aliphatic carbocycles. The maximum Gasteiger partial charge on any atom is 0.264 e. The molecule has 2 aliphatic rings. The third kappa shape index (κ3) is 3.96. The Bertz CT molecular complexity index is 907. The predicted octanol–water partition coefficient (Wildman–Crippen LogP) is 3.41. The van der Waals surface area contributed by atoms with E-state index in [9.17, 15) is 4.79 Å². The number of hydrogen-bond donors (Lipinski definition) is 1. The lowest BCUT2D eigenvalue weighted by Gasteiger charge is -2.37. The average molecular weight is 397 g/mol. The first-order valence-electron chi connectivity index (χ1n) is 9.83. The molecule has 0 spiro atoms. The van der Waals surface area contributed by atoms with E-state index >= 15 is 0 Å². The molecule has 0 aromatic heterocycles. The quantitative estimate of drug-likeness (QED) is 0.853. The second-order valence-corrected chi connectivity index (χ2v) is 7.60. The summed E-state index contributed by atoms with van der Waals surface area (Å²) in [6.07, 6.45) is 0.364. The Labute approximate surface area is 171 Å². The molecule has 1 amide bonds. The summed E-state index contributed by atoms with van der Waals surface area (Å²) >= 11 is 0. The number of likely N-dealkylation sites (N-methyl/N-ethyl adjacent to an activating group) is 1. The van der Waals surface area contributed by atoms with E-state index in [1.54, 1.807) is 19.1 Å². The molecule has 154 valence electrons. The van der Waals surface area contributed by atoms with E-state index < -0.39 is 0 Å². The largest absolute Gasteiger partial charge is 0.495 e. The van der Waals surface area contributed by atoms with Gasteiger partial charge >= 0.3 is 0 Å². The molecule has 1 N–H and O–H groups in total. The standard InChI is InChI=1S/C22H27N3O4/c1-14-11-25(12-15(2)29-14)19-8-6-16(9-20(19)27-4)23-17-5-7-18-21(10-17)28-13-22(26)24(18)3/h5-10,14-15,23H,11-13H2,1-4H3. The van der Waals surface area contributed by atoms with Gasteiger partial charge in [0.05, 0.1) is 30.7 Å². The van der Waals surface area contributed by atoms with Crippen LogP contribution in [0.5, 0.6) is 11.5 Å². The first kappa shape index (κ1) is 19.4. The molecule has 2 atom stereocenters. The minimum Gasteiger partial charge on any atom is -0.495 e. The highest BCUT2D eigenvalue weighted by atomic mass is 16.5. The highest BCUT2D eigenvalue weighted by Crippen LogP contribution is 2.37. The topological polar surface area (TPSA) is 63.3 Å². The van der Waals surface area contributed by atoms with Crippen LogP contribution in [-0.4, -0.2) is 52.0 Å². The number of carbonyl (C=O) groups excluding carboxylic acids is 1. The van der Waals surface area contributed by atoms with Crippen LogP contribution in [0, 0.1) is 0 Å². The zero-order valence-corrected chi connectivity index (χ0v) is 17.3. The highest BCUT2D eigenvalue weighted by molar-refractivity contribution is 5.97. The molecular formula is C22H27N3O4. The van der Waals surface area contributed by atoms with Crippen molar-refractivity contribution < 1.29 is 19.0 Å². The Hall–Kier alpha value is -2.93. The lowest BCUT2D eigenvalue weighted by molar-refractivity contribution is -0.120. The molecule has 1 saturated heterocycles. The second-order valence-electron chi connectivity index (χ2n) is 7.60. The van der Waals surface area contributed by atoms with Gasteiger partial charge in [-0.2, -0.15) is 0 Å². The Kier molecular flexibility index (Phi) is 5.24. The Balaban J connectivity index is 1.55. The summed E-state index contributed by atoms with van der Waals surface area (Å²) in [5.41, 5.74) is 3.64. The van der Waals surface area contributed by atoms with Crippen molar-refractivity contribution in [2.24, 2.45) is 0 Å². The number of carbonyl (C=O) groups is 1. The molecule has 2 aliphatic heterocycles. The average Bonchev–Trinajstić information content (AvgIpc) is 2.70. The molecule has 2 aromatic carbocycles. The zero-order chi connectivity index (χ0) is 20.5. The van der Waals surface area contributed by atoms with Gasteiger partial charge in [0.25, 0.3) is 5.91 Å². The molecule has 0 radical (unpaired) electrons. The number of hydrogen-bond acceptors (Lipinski definition) is 6. The lowest BCUT2D eigenvalue weighted by Crippen LogP contribution is -2.45. The fourth-order valence-electron chi connectivity index (χ4n) is 3.91. The van der Waals surface area contributed by atoms with E-state index in [2.05, 4.69) is 30.1 Å². The normalized spacial score (nSPS) is 21.4. The van der Waals surface area contributed by atoms with E-state index in [1.165, 1.54) is 0 Å². The summed E-state index contributed by atoms with van der Waals surface area (Å²) in [6.45, 7) is 5.91. The van der Waals surface area contributed by atoms with Crippen molar-refractivity contribution in [3.8, 4) is 11.5 Å². The lowest BCUT2D eigenvalue weighted by atomic mass is 10.1. The molecule has 0 bridgehead atoms. The Morgan fingerprint density at radius 3 is 2.38 bits per heavy atom. The van der Waals surface area contributed by atoms with Crippen LogP contribution < -0.4 is 24.6 Å². The van der Waals surface area contributed by atoms with Crippen molar-refractivity contribution in [2.45, 2.75) is 26.1 Å². The predicted molar refractivity (Wildman–Crippen MR) is 114 cm³/mol. The van der Waals surface area contributed by atoms with Gasteiger partial charge in [-0.1, -0.05) is 0 Å². The number of amides is 1. The van der Waals surface area contributed by atoms with Gasteiger partial charge in [0.1, 0.15) is 11.5 Å². The van der Waals surface area contributed by atoms with Crippen LogP contribution in [0.3, 0.4) is 0 Å². The first-order chi connectivity index (χ1) is 13.9. The van der Waals surface area contributed by atoms with E-state index in [0.29, 0.717) is 5.75 Å². The summed E-state index contributed by atoms with van der Waals surface area (Å²) in [6, 6.07) is 11.8. The number of methoxy groups -OCH3 is 1. The van der Waals surface area contributed by atoms with Gasteiger partial charge < -0.3 is 29.3 Å². The number of morpholine rings is 1. The van der Waals surface area contributed by atoms with Gasteiger partial charge in [-0.05, 0) is 38.1 Å². The zero-order valence-electron chi connectivity index (χ0n) is 17.3. The number of rotatable bonds is 4. The van der Waals surface area contributed by atoms with Crippen molar-refractivity contribution >= 4 is 28.7 Å². The highest BCUT2D eigenvalue weighted by Gasteiger charge is 2.25. The molecule has 0 saturated carbocycles. The Morgan fingerprint density at radius 1 is 1.03 bits per heavy atom. The maximum atomic E-state index is 11.8. The molecule has 7 heteroatoms. The monoisotopic (exact) mass is 397 g/mol. The van der Waals surface area contributed by atoms with Gasteiger partial charge in [-0.15, -0.1) is 0 Å². The van der Waals surface area contributed by atoms with Crippen molar-refractivity contribution in [1.29, 1.82) is 0 Å². The molecule has 2 heterocycles. The minimum atomic E-state index is -0.0507. The summed E-state index contributed by atoms with van der Waals surface area (Å²) in [4.78, 5) is 15.7. The number of anilines is 4. The number of nitrogens with zero attached hydrogens (tertiary/aromatic N) is 2. The van der Waals surface area contributed by atoms with Gasteiger partial charge in [0.15, 0.2) is 6.61 Å². The maximum absolute atomic E-state index is 11.8. The van der Waals surface area contributed by atoms with Crippen molar-refractivity contribution in [3.63, 3.8) is 0 Å². The van der Waals surface area contributed by atoms with Gasteiger partial charge in [0, 0.05) is 43.6 Å². The Morgan fingerprint density at radius 2 is 1.69 bits per heavy atom. The van der Waals surface area contributed by atoms with Gasteiger partial charge in [0.2, 0.25) is 0 Å². The minimum absolute atomic E-state index is 0.0507. The number of fused-ring (bicyclic) bond motifs is 1. The molecule has 29 heavy (non-hydrogen) atoms. The first-order valence-corrected chi connectivity index (χ1v) is 9.83. The molecular weight excluding hydrogens is 370 g/mol. The van der Waals surface area contributed by atoms with Crippen LogP contribution >= 0.6 is 0 Å². The fraction of sp³-hybridized carbons (Fsp3) is 0.409. The van der Waals surface area contributed by atoms with Crippen molar-refractivity contribution in [2.75, 3.05) is 49.0 Å². The summed E-state index contributed by atoms with van der Waals surface area (Å²) in [7, 11) is 3.45. The third-order valence-corrected chi connectivity index (χ3v) is 5.28. The molecule has 1 fully saturated rings. The third-order valence-electron chi connectivity index (χ3n) is 5.28. The summed E-state index contributed by atoms with van der Waals surface area (Å²) in [5, 5.41) is 3.40. The van der Waals surface area contributed by atoms with Crippen LogP contribution in [0.25, 0.3) is 0 Å². The number of nitrogens with one attached hydrogen (secondary N) is 1. The van der Waals surface area contributed by atoms with Crippen LogP contribution in [0.1, 0.15) is 13.8 Å². The van der Waals surface area contributed by atoms with E-state index in [-0.39, 0.29) is 24.7 Å². The number of benzene rings is 2. The fourth-order valence-corrected chi connectivity index (χ4v) is 3.91. The van der Waals surface area contributed by atoms with Crippen LogP contribution in [-0.2, 0) is 9.53 Å². The summed E-state index contributed by atoms with van der Waals surface area (Å²) < 4.78 is 17.1. The van der Waals surface area contributed by atoms with Crippen LogP contribution in [0.4, 0.5) is 22.7 Å². The summed E-state index contributed by atoms with van der Waals surface area (Å²) in [5.74, 6) is 1.46. The van der Waals surface area contributed by atoms with Crippen molar-refractivity contribution in [3.05, 3.63) is 36.4 Å². The molecule has 2 aromatic rings. The van der Waals surface area contributed by atoms with Crippen molar-refractivity contribution in [1.82, 2.24) is 0 Å². The number of ether oxygens (including phenoxy) is 3. The smallest absolute Gasteiger partial charge is 0.264 e. The SMILES string of the molecule is COc1cc(Nc2ccc3c(c2)OCC(=O)N3C)ccc1N1CC(C)OC(C)C1. The molecule has 2 unspecified atom stereocenters. The van der Waals surface area contributed by atoms with E-state index in [4.69, 9.17) is 14.2 Å². The molecule has 7 nitrogen and oxygen atoms in total. The van der Waals surface area contributed by atoms with Gasteiger partial charge in [-0.3, -0.25) is 4.79 Å².